The minimum absolute atomic E-state index is 0.0316. The van der Waals surface area contributed by atoms with Crippen LogP contribution in [0, 0.1) is 0 Å². The lowest BCUT2D eigenvalue weighted by molar-refractivity contribution is -0.148. The van der Waals surface area contributed by atoms with Gasteiger partial charge in [0.1, 0.15) is 6.61 Å². The second-order valence-corrected chi connectivity index (χ2v) is 4.15. The van der Waals surface area contributed by atoms with Crippen molar-refractivity contribution in [2.75, 3.05) is 33.0 Å². The van der Waals surface area contributed by atoms with Crippen molar-refractivity contribution in [3.05, 3.63) is 0 Å². The Morgan fingerprint density at radius 2 is 2.41 bits per heavy atom. The third-order valence-electron chi connectivity index (χ3n) is 2.76. The number of nitrogens with one attached hydrogen (secondary N) is 1. The van der Waals surface area contributed by atoms with Gasteiger partial charge in [-0.15, -0.1) is 0 Å². The molecule has 2 atom stereocenters. The van der Waals surface area contributed by atoms with Crippen LogP contribution in [0.15, 0.2) is 0 Å². The average Bonchev–Trinajstić information content (AvgIpc) is 2.82. The van der Waals surface area contributed by atoms with Crippen LogP contribution in [0.25, 0.3) is 0 Å². The van der Waals surface area contributed by atoms with Crippen molar-refractivity contribution in [2.24, 2.45) is 0 Å². The largest absolute Gasteiger partial charge is 0.464 e. The molecule has 0 radical (unpaired) electrons. The van der Waals surface area contributed by atoms with Crippen molar-refractivity contribution in [1.82, 2.24) is 5.32 Å². The summed E-state index contributed by atoms with van der Waals surface area (Å²) in [7, 11) is 0. The van der Waals surface area contributed by atoms with Crippen molar-refractivity contribution in [3.63, 3.8) is 0 Å². The SMILES string of the molecule is CCOC(=O)COCCNC(C)C1CCCO1. The van der Waals surface area contributed by atoms with Gasteiger partial charge in [-0.25, -0.2) is 4.79 Å². The van der Waals surface area contributed by atoms with Crippen LogP contribution in [0.5, 0.6) is 0 Å². The number of rotatable bonds is 8. The Morgan fingerprint density at radius 1 is 1.59 bits per heavy atom. The van der Waals surface area contributed by atoms with Crippen molar-refractivity contribution < 1.29 is 19.0 Å². The molecule has 1 fully saturated rings. The summed E-state index contributed by atoms with van der Waals surface area (Å²) in [5.74, 6) is -0.306. The van der Waals surface area contributed by atoms with Gasteiger partial charge in [-0.1, -0.05) is 0 Å². The second kappa shape index (κ2) is 8.44. The van der Waals surface area contributed by atoms with E-state index in [4.69, 9.17) is 14.2 Å². The van der Waals surface area contributed by atoms with Crippen molar-refractivity contribution in [2.45, 2.75) is 38.8 Å². The van der Waals surface area contributed by atoms with E-state index in [1.165, 1.54) is 0 Å². The maximum Gasteiger partial charge on any atom is 0.332 e. The Hall–Kier alpha value is -0.650. The third kappa shape index (κ3) is 6.00. The van der Waals surface area contributed by atoms with E-state index in [1.807, 2.05) is 0 Å². The van der Waals surface area contributed by atoms with Crippen molar-refractivity contribution >= 4 is 5.97 Å². The Bertz CT molecular complexity index is 217. The fourth-order valence-electron chi connectivity index (χ4n) is 1.85. The van der Waals surface area contributed by atoms with Crippen LogP contribution in [-0.4, -0.2) is 51.1 Å². The maximum atomic E-state index is 11.0. The van der Waals surface area contributed by atoms with E-state index in [-0.39, 0.29) is 12.6 Å². The van der Waals surface area contributed by atoms with Crippen LogP contribution in [0.2, 0.25) is 0 Å². The Morgan fingerprint density at radius 3 is 3.06 bits per heavy atom. The summed E-state index contributed by atoms with van der Waals surface area (Å²) in [5, 5.41) is 3.33. The van der Waals surface area contributed by atoms with E-state index in [0.29, 0.717) is 25.4 Å². The van der Waals surface area contributed by atoms with Gasteiger partial charge >= 0.3 is 5.97 Å². The predicted octanol–water partition coefficient (Wildman–Crippen LogP) is 0.723. The number of ether oxygens (including phenoxy) is 3. The summed E-state index contributed by atoms with van der Waals surface area (Å²) in [6.07, 6.45) is 2.59. The Labute approximate surface area is 103 Å². The van der Waals surface area contributed by atoms with Crippen molar-refractivity contribution in [3.8, 4) is 0 Å². The second-order valence-electron chi connectivity index (χ2n) is 4.15. The van der Waals surface area contributed by atoms with Gasteiger partial charge in [0.05, 0.1) is 19.3 Å². The molecule has 1 rings (SSSR count). The highest BCUT2D eigenvalue weighted by Crippen LogP contribution is 2.14. The van der Waals surface area contributed by atoms with Gasteiger partial charge in [0.2, 0.25) is 0 Å². The summed E-state index contributed by atoms with van der Waals surface area (Å²) in [6, 6.07) is 0.337. The number of carbonyl (C=O) groups excluding carboxylic acids is 1. The molecule has 0 aromatic heterocycles. The first-order valence-corrected chi connectivity index (χ1v) is 6.32. The highest BCUT2D eigenvalue weighted by Gasteiger charge is 2.21. The summed E-state index contributed by atoms with van der Waals surface area (Å²) in [4.78, 5) is 11.0. The quantitative estimate of drug-likeness (QED) is 0.504. The lowest BCUT2D eigenvalue weighted by Gasteiger charge is -2.19. The summed E-state index contributed by atoms with van der Waals surface area (Å²) >= 11 is 0. The first-order chi connectivity index (χ1) is 8.24. The molecule has 0 aliphatic carbocycles. The van der Waals surface area contributed by atoms with Gasteiger partial charge in [-0.2, -0.15) is 0 Å². The zero-order valence-corrected chi connectivity index (χ0v) is 10.7. The molecule has 17 heavy (non-hydrogen) atoms. The fraction of sp³-hybridized carbons (Fsp3) is 0.917. The Balaban J connectivity index is 1.94. The molecule has 2 unspecified atom stereocenters. The molecule has 0 amide bonds. The van der Waals surface area contributed by atoms with E-state index < -0.39 is 0 Å². The van der Waals surface area contributed by atoms with Gasteiger partial charge in [0.15, 0.2) is 0 Å². The number of hydrogen-bond acceptors (Lipinski definition) is 5. The van der Waals surface area contributed by atoms with E-state index >= 15 is 0 Å². The Kier molecular flexibility index (Phi) is 7.16. The van der Waals surface area contributed by atoms with E-state index in [9.17, 15) is 4.79 Å². The molecule has 1 aliphatic heterocycles. The molecule has 1 saturated heterocycles. The molecule has 0 aromatic rings. The lowest BCUT2D eigenvalue weighted by Crippen LogP contribution is -2.38. The molecule has 0 saturated carbocycles. The van der Waals surface area contributed by atoms with Crippen LogP contribution in [0.1, 0.15) is 26.7 Å². The van der Waals surface area contributed by atoms with E-state index in [0.717, 1.165) is 26.0 Å². The first kappa shape index (κ1) is 14.4. The van der Waals surface area contributed by atoms with Crippen LogP contribution in [0.4, 0.5) is 0 Å². The number of esters is 1. The van der Waals surface area contributed by atoms with Crippen LogP contribution in [-0.2, 0) is 19.0 Å². The van der Waals surface area contributed by atoms with Crippen LogP contribution in [0.3, 0.4) is 0 Å². The smallest absolute Gasteiger partial charge is 0.332 e. The summed E-state index contributed by atoms with van der Waals surface area (Å²) < 4.78 is 15.5. The molecule has 100 valence electrons. The standard InChI is InChI=1S/C12H23NO4/c1-3-16-12(14)9-15-8-6-13-10(2)11-5-4-7-17-11/h10-11,13H,3-9H2,1-2H3. The molecule has 0 aromatic carbocycles. The van der Waals surface area contributed by atoms with E-state index in [2.05, 4.69) is 12.2 Å². The predicted molar refractivity (Wildman–Crippen MR) is 63.9 cm³/mol. The maximum absolute atomic E-state index is 11.0. The molecule has 1 heterocycles. The molecule has 1 aliphatic rings. The minimum atomic E-state index is -0.306. The summed E-state index contributed by atoms with van der Waals surface area (Å²) in [5.41, 5.74) is 0. The van der Waals surface area contributed by atoms with Crippen LogP contribution < -0.4 is 5.32 Å². The molecular weight excluding hydrogens is 222 g/mol. The van der Waals surface area contributed by atoms with Gasteiger partial charge in [-0.05, 0) is 26.7 Å². The average molecular weight is 245 g/mol. The van der Waals surface area contributed by atoms with Crippen LogP contribution >= 0.6 is 0 Å². The highest BCUT2D eigenvalue weighted by molar-refractivity contribution is 5.70. The normalized spacial score (nSPS) is 21.4. The third-order valence-corrected chi connectivity index (χ3v) is 2.76. The minimum Gasteiger partial charge on any atom is -0.464 e. The molecule has 0 bridgehead atoms. The van der Waals surface area contributed by atoms with Gasteiger partial charge in [-0.3, -0.25) is 0 Å². The van der Waals surface area contributed by atoms with E-state index in [1.54, 1.807) is 6.92 Å². The molecule has 5 heteroatoms. The van der Waals surface area contributed by atoms with Gasteiger partial charge in [0.25, 0.3) is 0 Å². The zero-order chi connectivity index (χ0) is 12.5. The van der Waals surface area contributed by atoms with Gasteiger partial charge in [0, 0.05) is 19.2 Å². The lowest BCUT2D eigenvalue weighted by atomic mass is 10.1. The highest BCUT2D eigenvalue weighted by atomic mass is 16.6. The van der Waals surface area contributed by atoms with Gasteiger partial charge < -0.3 is 19.5 Å². The van der Waals surface area contributed by atoms with Crippen molar-refractivity contribution in [1.29, 1.82) is 0 Å². The molecule has 5 nitrogen and oxygen atoms in total. The number of carbonyl (C=O) groups is 1. The molecular formula is C12H23NO4. The monoisotopic (exact) mass is 245 g/mol. The zero-order valence-electron chi connectivity index (χ0n) is 10.7. The molecule has 0 spiro atoms. The fourth-order valence-corrected chi connectivity index (χ4v) is 1.85. The topological polar surface area (TPSA) is 56.8 Å². The first-order valence-electron chi connectivity index (χ1n) is 6.32. The number of hydrogen-bond donors (Lipinski definition) is 1. The summed E-state index contributed by atoms with van der Waals surface area (Å²) in [6.45, 7) is 6.43. The molecule has 1 N–H and O–H groups in total.